The standard InChI is InChI=1S/C22H20N4O2/c1-4-13-23-19(5-2)21(27)24-17-11-12-18(15(3)14-17)20-25-22(28-26-20)16-9-7-6-8-10-16/h4-14H,2H2,1,3H3,(H,24,27)/b13-4-,23-19?. The third-order valence-corrected chi connectivity index (χ3v) is 3.96. The summed E-state index contributed by atoms with van der Waals surface area (Å²) in [6, 6.07) is 15.1. The molecular formula is C22H20N4O2. The van der Waals surface area contributed by atoms with E-state index < -0.39 is 0 Å². The molecule has 6 nitrogen and oxygen atoms in total. The highest BCUT2D eigenvalue weighted by Crippen LogP contribution is 2.26. The van der Waals surface area contributed by atoms with E-state index in [1.807, 2.05) is 56.3 Å². The van der Waals surface area contributed by atoms with Crippen LogP contribution < -0.4 is 5.32 Å². The number of carbonyl (C=O) groups is 1. The van der Waals surface area contributed by atoms with Crippen molar-refractivity contribution >= 4 is 17.3 Å². The number of allylic oxidation sites excluding steroid dienone is 1. The van der Waals surface area contributed by atoms with Crippen LogP contribution in [0.1, 0.15) is 12.5 Å². The number of aliphatic imine (C=N–C) groups is 1. The highest BCUT2D eigenvalue weighted by molar-refractivity contribution is 6.47. The first-order valence-corrected chi connectivity index (χ1v) is 8.75. The van der Waals surface area contributed by atoms with Gasteiger partial charge in [0, 0.05) is 23.0 Å². The number of benzene rings is 2. The molecule has 0 fully saturated rings. The van der Waals surface area contributed by atoms with Gasteiger partial charge >= 0.3 is 0 Å². The van der Waals surface area contributed by atoms with Crippen molar-refractivity contribution < 1.29 is 9.32 Å². The van der Waals surface area contributed by atoms with Gasteiger partial charge in [0.25, 0.3) is 11.8 Å². The SMILES string of the molecule is C=CC(=N/C=C\C)C(=O)Nc1ccc(-c2noc(-c3ccccc3)n2)c(C)c1. The van der Waals surface area contributed by atoms with Crippen LogP contribution in [-0.4, -0.2) is 21.8 Å². The smallest absolute Gasteiger partial charge is 0.274 e. The first kappa shape index (κ1) is 19.0. The van der Waals surface area contributed by atoms with Crippen LogP contribution >= 0.6 is 0 Å². The van der Waals surface area contributed by atoms with Crippen LogP contribution in [0, 0.1) is 6.92 Å². The lowest BCUT2D eigenvalue weighted by molar-refractivity contribution is -0.110. The van der Waals surface area contributed by atoms with Crippen molar-refractivity contribution in [3.8, 4) is 22.8 Å². The Morgan fingerprint density at radius 1 is 1.21 bits per heavy atom. The summed E-state index contributed by atoms with van der Waals surface area (Å²) in [5.74, 6) is 0.630. The van der Waals surface area contributed by atoms with Gasteiger partial charge in [-0.25, -0.2) is 0 Å². The number of hydrogen-bond donors (Lipinski definition) is 1. The molecule has 1 heterocycles. The van der Waals surface area contributed by atoms with E-state index in [9.17, 15) is 4.79 Å². The summed E-state index contributed by atoms with van der Waals surface area (Å²) in [4.78, 5) is 20.8. The number of nitrogens with zero attached hydrogens (tertiary/aromatic N) is 3. The van der Waals surface area contributed by atoms with E-state index in [2.05, 4.69) is 27.0 Å². The Morgan fingerprint density at radius 2 is 2.00 bits per heavy atom. The van der Waals surface area contributed by atoms with Crippen molar-refractivity contribution in [2.45, 2.75) is 13.8 Å². The maximum Gasteiger partial charge on any atom is 0.274 e. The Labute approximate surface area is 163 Å². The van der Waals surface area contributed by atoms with Crippen molar-refractivity contribution in [1.29, 1.82) is 0 Å². The molecule has 0 aliphatic carbocycles. The van der Waals surface area contributed by atoms with Crippen LogP contribution in [0.25, 0.3) is 22.8 Å². The summed E-state index contributed by atoms with van der Waals surface area (Å²) < 4.78 is 5.37. The van der Waals surface area contributed by atoms with Crippen LogP contribution in [0.4, 0.5) is 5.69 Å². The van der Waals surface area contributed by atoms with E-state index in [4.69, 9.17) is 4.52 Å². The fourth-order valence-corrected chi connectivity index (χ4v) is 2.58. The Bertz CT molecular complexity index is 1050. The molecule has 3 rings (SSSR count). The number of rotatable bonds is 6. The number of aryl methyl sites for hydroxylation is 1. The number of carbonyl (C=O) groups excluding carboxylic acids is 1. The molecule has 0 aliphatic rings. The molecule has 1 aromatic heterocycles. The van der Waals surface area contributed by atoms with Crippen LogP contribution in [0.2, 0.25) is 0 Å². The van der Waals surface area contributed by atoms with Gasteiger partial charge in [0.15, 0.2) is 0 Å². The number of amides is 1. The first-order valence-electron chi connectivity index (χ1n) is 8.75. The molecule has 0 bridgehead atoms. The Kier molecular flexibility index (Phi) is 5.91. The van der Waals surface area contributed by atoms with Gasteiger partial charge < -0.3 is 9.84 Å². The van der Waals surface area contributed by atoms with Gasteiger partial charge in [-0.05, 0) is 55.8 Å². The maximum atomic E-state index is 12.3. The fraction of sp³-hybridized carbons (Fsp3) is 0.0909. The zero-order valence-corrected chi connectivity index (χ0v) is 15.7. The molecule has 0 radical (unpaired) electrons. The molecule has 0 spiro atoms. The Hall–Kier alpha value is -3.80. The van der Waals surface area contributed by atoms with Gasteiger partial charge in [0.1, 0.15) is 5.71 Å². The molecule has 0 unspecified atom stereocenters. The summed E-state index contributed by atoms with van der Waals surface area (Å²) >= 11 is 0. The van der Waals surface area contributed by atoms with Crippen molar-refractivity contribution in [2.75, 3.05) is 5.32 Å². The maximum absolute atomic E-state index is 12.3. The van der Waals surface area contributed by atoms with Crippen LogP contribution in [0.5, 0.6) is 0 Å². The van der Waals surface area contributed by atoms with E-state index in [0.717, 1.165) is 16.7 Å². The predicted octanol–water partition coefficient (Wildman–Crippen LogP) is 4.81. The lowest BCUT2D eigenvalue weighted by atomic mass is 10.1. The van der Waals surface area contributed by atoms with E-state index in [0.29, 0.717) is 17.4 Å². The third-order valence-electron chi connectivity index (χ3n) is 3.96. The topological polar surface area (TPSA) is 80.4 Å². The third kappa shape index (κ3) is 4.29. The Balaban J connectivity index is 1.81. The largest absolute Gasteiger partial charge is 0.334 e. The van der Waals surface area contributed by atoms with Gasteiger partial charge in [-0.3, -0.25) is 9.79 Å². The molecule has 3 aromatic rings. The van der Waals surface area contributed by atoms with Crippen LogP contribution in [-0.2, 0) is 4.79 Å². The molecule has 1 amide bonds. The average molecular weight is 372 g/mol. The minimum Gasteiger partial charge on any atom is -0.334 e. The quantitative estimate of drug-likeness (QED) is 0.630. The predicted molar refractivity (Wildman–Crippen MR) is 111 cm³/mol. The molecular weight excluding hydrogens is 352 g/mol. The highest BCUT2D eigenvalue weighted by Gasteiger charge is 2.14. The Morgan fingerprint density at radius 3 is 2.68 bits per heavy atom. The number of aromatic nitrogens is 2. The highest BCUT2D eigenvalue weighted by atomic mass is 16.5. The molecule has 0 saturated heterocycles. The van der Waals surface area contributed by atoms with Gasteiger partial charge in [-0.1, -0.05) is 36.0 Å². The fourth-order valence-electron chi connectivity index (χ4n) is 2.58. The van der Waals surface area contributed by atoms with E-state index in [-0.39, 0.29) is 11.6 Å². The molecule has 1 N–H and O–H groups in total. The average Bonchev–Trinajstić information content (AvgIpc) is 3.19. The number of hydrogen-bond acceptors (Lipinski definition) is 5. The first-order chi connectivity index (χ1) is 13.6. The van der Waals surface area contributed by atoms with Gasteiger partial charge in [0.2, 0.25) is 5.82 Å². The van der Waals surface area contributed by atoms with Crippen molar-refractivity contribution in [2.24, 2.45) is 4.99 Å². The summed E-state index contributed by atoms with van der Waals surface area (Å²) in [5, 5.41) is 6.89. The lowest BCUT2D eigenvalue weighted by Crippen LogP contribution is -2.20. The number of anilines is 1. The van der Waals surface area contributed by atoms with Gasteiger partial charge in [-0.15, -0.1) is 0 Å². The molecule has 0 atom stereocenters. The molecule has 0 saturated carbocycles. The van der Waals surface area contributed by atoms with Gasteiger partial charge in [0.05, 0.1) is 0 Å². The number of nitrogens with one attached hydrogen (secondary N) is 1. The minimum atomic E-state index is -0.328. The van der Waals surface area contributed by atoms with Crippen LogP contribution in [0.15, 0.2) is 83.0 Å². The minimum absolute atomic E-state index is 0.241. The van der Waals surface area contributed by atoms with E-state index in [1.54, 1.807) is 18.3 Å². The van der Waals surface area contributed by atoms with Crippen molar-refractivity contribution in [3.05, 3.63) is 79.0 Å². The molecule has 28 heavy (non-hydrogen) atoms. The van der Waals surface area contributed by atoms with Crippen molar-refractivity contribution in [3.63, 3.8) is 0 Å². The second kappa shape index (κ2) is 8.73. The second-order valence-electron chi connectivity index (χ2n) is 5.97. The van der Waals surface area contributed by atoms with Gasteiger partial charge in [-0.2, -0.15) is 4.98 Å². The summed E-state index contributed by atoms with van der Waals surface area (Å²) in [6.07, 6.45) is 4.71. The zero-order chi connectivity index (χ0) is 19.9. The molecule has 6 heteroatoms. The van der Waals surface area contributed by atoms with E-state index >= 15 is 0 Å². The normalized spacial score (nSPS) is 11.6. The van der Waals surface area contributed by atoms with Crippen molar-refractivity contribution in [1.82, 2.24) is 10.1 Å². The zero-order valence-electron chi connectivity index (χ0n) is 15.7. The second-order valence-corrected chi connectivity index (χ2v) is 5.97. The van der Waals surface area contributed by atoms with Crippen LogP contribution in [0.3, 0.4) is 0 Å². The summed E-state index contributed by atoms with van der Waals surface area (Å²) in [5.41, 5.74) is 3.48. The summed E-state index contributed by atoms with van der Waals surface area (Å²) in [7, 11) is 0. The summed E-state index contributed by atoms with van der Waals surface area (Å²) in [6.45, 7) is 7.37. The van der Waals surface area contributed by atoms with E-state index in [1.165, 1.54) is 6.08 Å². The molecule has 0 aliphatic heterocycles. The molecule has 140 valence electrons. The monoisotopic (exact) mass is 372 g/mol. The molecule has 2 aromatic carbocycles. The lowest BCUT2D eigenvalue weighted by Gasteiger charge is -2.08.